The van der Waals surface area contributed by atoms with Gasteiger partial charge in [0.15, 0.2) is 0 Å². The van der Waals surface area contributed by atoms with Gasteiger partial charge in [-0.2, -0.15) is 4.31 Å². The van der Waals surface area contributed by atoms with Gasteiger partial charge in [-0.05, 0) is 13.8 Å². The summed E-state index contributed by atoms with van der Waals surface area (Å²) < 4.78 is 46.5. The lowest BCUT2D eigenvalue weighted by Crippen LogP contribution is -2.51. The van der Waals surface area contributed by atoms with Crippen LogP contribution in [0.3, 0.4) is 0 Å². The van der Waals surface area contributed by atoms with E-state index in [0.717, 1.165) is 10.6 Å². The highest BCUT2D eigenvalue weighted by Crippen LogP contribution is 2.15. The van der Waals surface area contributed by atoms with Gasteiger partial charge in [0.05, 0.1) is 11.5 Å². The normalized spacial score (nSPS) is 14.4. The highest BCUT2D eigenvalue weighted by Gasteiger charge is 2.31. The summed E-state index contributed by atoms with van der Waals surface area (Å²) in [5.41, 5.74) is 4.75. The molecule has 6 nitrogen and oxygen atoms in total. The van der Waals surface area contributed by atoms with Crippen molar-refractivity contribution < 1.29 is 16.8 Å². The zero-order valence-electron chi connectivity index (χ0n) is 10.1. The summed E-state index contributed by atoms with van der Waals surface area (Å²) in [5, 5.41) is 0. The number of hydrogen-bond donors (Lipinski definition) is 1. The molecule has 0 aliphatic carbocycles. The van der Waals surface area contributed by atoms with Crippen molar-refractivity contribution in [2.75, 3.05) is 31.4 Å². The number of hydrogen-bond acceptors (Lipinski definition) is 5. The molecule has 0 saturated carbocycles. The van der Waals surface area contributed by atoms with Gasteiger partial charge in [-0.25, -0.2) is 16.8 Å². The molecule has 0 fully saturated rings. The fourth-order valence-corrected chi connectivity index (χ4v) is 4.05. The summed E-state index contributed by atoms with van der Waals surface area (Å²) in [5.74, 6) is -0.786. The number of nitrogens with zero attached hydrogens (tertiary/aromatic N) is 1. The molecule has 16 heavy (non-hydrogen) atoms. The second-order valence-electron chi connectivity index (χ2n) is 4.43. The number of sulfone groups is 1. The Labute approximate surface area is 97.8 Å². The van der Waals surface area contributed by atoms with Crippen LogP contribution in [0.4, 0.5) is 0 Å². The van der Waals surface area contributed by atoms with Crippen molar-refractivity contribution in [1.82, 2.24) is 4.31 Å². The van der Waals surface area contributed by atoms with Crippen LogP contribution in [0, 0.1) is 0 Å². The molecule has 0 amide bonds. The van der Waals surface area contributed by atoms with Crippen molar-refractivity contribution in [3.8, 4) is 0 Å². The quantitative estimate of drug-likeness (QED) is 0.671. The molecule has 8 heteroatoms. The molecule has 0 bridgehead atoms. The number of nitrogens with two attached hydrogens (primary N) is 1. The molecule has 0 atom stereocenters. The van der Waals surface area contributed by atoms with Crippen molar-refractivity contribution >= 4 is 19.9 Å². The fraction of sp³-hybridized carbons (Fsp3) is 1.00. The summed E-state index contributed by atoms with van der Waals surface area (Å²) >= 11 is 0. The van der Waals surface area contributed by atoms with E-state index >= 15 is 0 Å². The first-order chi connectivity index (χ1) is 6.92. The van der Waals surface area contributed by atoms with E-state index in [1.54, 1.807) is 13.8 Å². The van der Waals surface area contributed by atoms with Crippen LogP contribution < -0.4 is 5.73 Å². The Bertz CT molecular complexity index is 425. The summed E-state index contributed by atoms with van der Waals surface area (Å²) in [6.45, 7) is 3.54. The van der Waals surface area contributed by atoms with Gasteiger partial charge in [0.25, 0.3) is 0 Å². The van der Waals surface area contributed by atoms with Crippen LogP contribution in [0.2, 0.25) is 0 Å². The molecule has 0 aromatic rings. The van der Waals surface area contributed by atoms with E-state index in [2.05, 4.69) is 0 Å². The lowest BCUT2D eigenvalue weighted by molar-refractivity contribution is 0.274. The van der Waals surface area contributed by atoms with Crippen LogP contribution in [-0.2, 0) is 19.9 Å². The topological polar surface area (TPSA) is 97.5 Å². The summed E-state index contributed by atoms with van der Waals surface area (Å²) in [7, 11) is -5.46. The predicted molar refractivity (Wildman–Crippen MR) is 64.4 cm³/mol. The van der Waals surface area contributed by atoms with Gasteiger partial charge >= 0.3 is 0 Å². The van der Waals surface area contributed by atoms with E-state index < -0.39 is 31.2 Å². The lowest BCUT2D eigenvalue weighted by Gasteiger charge is -2.33. The van der Waals surface area contributed by atoms with E-state index in [-0.39, 0.29) is 12.3 Å². The highest BCUT2D eigenvalue weighted by molar-refractivity contribution is 7.93. The third kappa shape index (κ3) is 4.77. The second-order valence-corrected chi connectivity index (χ2v) is 8.81. The van der Waals surface area contributed by atoms with Gasteiger partial charge in [0, 0.05) is 25.4 Å². The zero-order valence-corrected chi connectivity index (χ0v) is 11.7. The average molecular weight is 272 g/mol. The van der Waals surface area contributed by atoms with E-state index in [9.17, 15) is 16.8 Å². The lowest BCUT2D eigenvalue weighted by atomic mass is 10.1. The maximum Gasteiger partial charge on any atom is 0.215 e. The standard InChI is InChI=1S/C8H20N2O4S2/c1-8(2,7-9)10(3)16(13,14)6-5-15(4,11)12/h5-7,9H2,1-4H3. The molecule has 0 unspecified atom stereocenters. The minimum absolute atomic E-state index is 0.168. The first kappa shape index (κ1) is 15.8. The van der Waals surface area contributed by atoms with Crippen molar-refractivity contribution in [3.63, 3.8) is 0 Å². The van der Waals surface area contributed by atoms with Crippen LogP contribution in [-0.4, -0.2) is 58.0 Å². The first-order valence-corrected chi connectivity index (χ1v) is 8.44. The molecule has 2 N–H and O–H groups in total. The summed E-state index contributed by atoms with van der Waals surface area (Å²) in [6.07, 6.45) is 1.01. The number of likely N-dealkylation sites (N-methyl/N-ethyl adjacent to an activating group) is 1. The van der Waals surface area contributed by atoms with Crippen molar-refractivity contribution in [2.45, 2.75) is 19.4 Å². The van der Waals surface area contributed by atoms with Crippen LogP contribution in [0.15, 0.2) is 0 Å². The van der Waals surface area contributed by atoms with E-state index in [4.69, 9.17) is 5.73 Å². The van der Waals surface area contributed by atoms with E-state index in [1.807, 2.05) is 0 Å². The Morgan fingerprint density at radius 1 is 1.12 bits per heavy atom. The Hall–Kier alpha value is -0.180. The van der Waals surface area contributed by atoms with Gasteiger partial charge in [0.1, 0.15) is 9.84 Å². The molecular formula is C8H20N2O4S2. The molecule has 0 saturated heterocycles. The monoisotopic (exact) mass is 272 g/mol. The third-order valence-corrected chi connectivity index (χ3v) is 5.73. The van der Waals surface area contributed by atoms with Crippen molar-refractivity contribution in [2.24, 2.45) is 5.73 Å². The third-order valence-electron chi connectivity index (χ3n) is 2.48. The Kier molecular flexibility index (Phi) is 4.93. The Balaban J connectivity index is 4.82. The first-order valence-electron chi connectivity index (χ1n) is 4.77. The minimum Gasteiger partial charge on any atom is -0.329 e. The SMILES string of the molecule is CN(C(C)(C)CN)S(=O)(=O)CCS(C)(=O)=O. The Morgan fingerprint density at radius 2 is 1.56 bits per heavy atom. The Morgan fingerprint density at radius 3 is 1.88 bits per heavy atom. The molecule has 0 rings (SSSR count). The largest absolute Gasteiger partial charge is 0.329 e. The van der Waals surface area contributed by atoms with Crippen LogP contribution in [0.5, 0.6) is 0 Å². The van der Waals surface area contributed by atoms with Gasteiger partial charge in [0.2, 0.25) is 10.0 Å². The van der Waals surface area contributed by atoms with Crippen LogP contribution in [0.1, 0.15) is 13.8 Å². The maximum absolute atomic E-state index is 11.8. The fourth-order valence-electron chi connectivity index (χ4n) is 0.899. The van der Waals surface area contributed by atoms with Crippen molar-refractivity contribution in [1.29, 1.82) is 0 Å². The predicted octanol–water partition coefficient (Wildman–Crippen LogP) is -0.970. The average Bonchev–Trinajstić information content (AvgIpc) is 2.13. The molecule has 0 aliphatic rings. The van der Waals surface area contributed by atoms with E-state index in [1.165, 1.54) is 7.05 Å². The van der Waals surface area contributed by atoms with Gasteiger partial charge in [-0.1, -0.05) is 0 Å². The molecular weight excluding hydrogens is 252 g/mol. The number of rotatable bonds is 6. The van der Waals surface area contributed by atoms with Gasteiger partial charge < -0.3 is 5.73 Å². The molecule has 0 aliphatic heterocycles. The molecule has 0 radical (unpaired) electrons. The highest BCUT2D eigenvalue weighted by atomic mass is 32.2. The smallest absolute Gasteiger partial charge is 0.215 e. The molecule has 0 spiro atoms. The van der Waals surface area contributed by atoms with Crippen LogP contribution in [0.25, 0.3) is 0 Å². The molecule has 0 aromatic carbocycles. The molecule has 0 aromatic heterocycles. The van der Waals surface area contributed by atoms with Crippen molar-refractivity contribution in [3.05, 3.63) is 0 Å². The summed E-state index contributed by atoms with van der Waals surface area (Å²) in [6, 6.07) is 0. The van der Waals surface area contributed by atoms with Crippen LogP contribution >= 0.6 is 0 Å². The van der Waals surface area contributed by atoms with Gasteiger partial charge in [-0.3, -0.25) is 0 Å². The molecule has 0 heterocycles. The zero-order chi connectivity index (χ0) is 13.2. The molecule has 98 valence electrons. The minimum atomic E-state index is -3.59. The van der Waals surface area contributed by atoms with E-state index in [0.29, 0.717) is 0 Å². The second kappa shape index (κ2) is 4.99. The van der Waals surface area contributed by atoms with Gasteiger partial charge in [-0.15, -0.1) is 0 Å². The summed E-state index contributed by atoms with van der Waals surface area (Å²) in [4.78, 5) is 0. The number of sulfonamides is 1. The maximum atomic E-state index is 11.8.